The third-order valence-electron chi connectivity index (χ3n) is 2.72. The van der Waals surface area contributed by atoms with Crippen LogP contribution in [0.4, 0.5) is 5.69 Å². The molecular formula is C13H13BrN2O3S2. The summed E-state index contributed by atoms with van der Waals surface area (Å²) in [6.07, 6.45) is 1.08. The van der Waals surface area contributed by atoms with E-state index in [-0.39, 0.29) is 22.1 Å². The number of benzene rings is 1. The first-order valence-corrected chi connectivity index (χ1v) is 9.44. The van der Waals surface area contributed by atoms with Gasteiger partial charge in [-0.05, 0) is 45.6 Å². The number of nitrogen functional groups attached to an aromatic ring is 1. The third-order valence-corrected chi connectivity index (χ3v) is 5.74. The van der Waals surface area contributed by atoms with E-state index in [0.717, 1.165) is 15.6 Å². The summed E-state index contributed by atoms with van der Waals surface area (Å²) in [6.45, 7) is 0.361. The highest BCUT2D eigenvalue weighted by molar-refractivity contribution is 9.10. The molecule has 2 aromatic rings. The first-order chi connectivity index (χ1) is 9.77. The van der Waals surface area contributed by atoms with Crippen LogP contribution in [-0.2, 0) is 16.4 Å². The first-order valence-electron chi connectivity index (χ1n) is 5.88. The topological polar surface area (TPSA) is 89.3 Å². The number of sulfone groups is 1. The minimum absolute atomic E-state index is 0.0324. The van der Waals surface area contributed by atoms with Crippen LogP contribution in [0.15, 0.2) is 39.0 Å². The van der Waals surface area contributed by atoms with Crippen molar-refractivity contribution < 1.29 is 13.2 Å². The van der Waals surface area contributed by atoms with E-state index in [2.05, 4.69) is 21.2 Å². The predicted octanol–water partition coefficient (Wildman–Crippen LogP) is 2.43. The highest BCUT2D eigenvalue weighted by Crippen LogP contribution is 2.22. The molecule has 21 heavy (non-hydrogen) atoms. The number of nitrogens with one attached hydrogen (secondary N) is 1. The lowest BCUT2D eigenvalue weighted by Gasteiger charge is -2.07. The van der Waals surface area contributed by atoms with Crippen LogP contribution in [-0.4, -0.2) is 20.6 Å². The number of rotatable bonds is 4. The van der Waals surface area contributed by atoms with Gasteiger partial charge in [0.05, 0.1) is 11.4 Å². The van der Waals surface area contributed by atoms with Crippen LogP contribution in [0.5, 0.6) is 0 Å². The van der Waals surface area contributed by atoms with Crippen LogP contribution in [0.2, 0.25) is 0 Å². The summed E-state index contributed by atoms with van der Waals surface area (Å²) in [5.41, 5.74) is 6.12. The molecule has 0 radical (unpaired) electrons. The van der Waals surface area contributed by atoms with E-state index >= 15 is 0 Å². The average Bonchev–Trinajstić information content (AvgIpc) is 2.79. The van der Waals surface area contributed by atoms with Crippen LogP contribution in [0.25, 0.3) is 0 Å². The van der Waals surface area contributed by atoms with Gasteiger partial charge < -0.3 is 11.1 Å². The molecule has 3 N–H and O–H groups in total. The number of carbonyl (C=O) groups is 1. The Labute approximate surface area is 135 Å². The molecule has 0 atom stereocenters. The summed E-state index contributed by atoms with van der Waals surface area (Å²) in [6, 6.07) is 6.01. The standard InChI is InChI=1S/C13H13BrN2O3S2/c1-21(18,19)10-5-8(4-9(15)6-10)13(17)16-7-12-11(14)2-3-20-12/h2-6H,7,15H2,1H3,(H,16,17). The maximum absolute atomic E-state index is 12.1. The number of amides is 1. The summed E-state index contributed by atoms with van der Waals surface area (Å²) < 4.78 is 24.0. The molecule has 8 heteroatoms. The van der Waals surface area contributed by atoms with Crippen molar-refractivity contribution in [3.05, 3.63) is 44.6 Å². The van der Waals surface area contributed by atoms with Gasteiger partial charge in [0.1, 0.15) is 0 Å². The average molecular weight is 389 g/mol. The number of carbonyl (C=O) groups excluding carboxylic acids is 1. The second kappa shape index (κ2) is 6.17. The lowest BCUT2D eigenvalue weighted by Crippen LogP contribution is -2.23. The van der Waals surface area contributed by atoms with Gasteiger partial charge in [-0.1, -0.05) is 0 Å². The Morgan fingerprint density at radius 3 is 2.67 bits per heavy atom. The number of halogens is 1. The van der Waals surface area contributed by atoms with Gasteiger partial charge in [0.2, 0.25) is 0 Å². The zero-order chi connectivity index (χ0) is 15.6. The summed E-state index contributed by atoms with van der Waals surface area (Å²) in [4.78, 5) is 13.1. The molecule has 0 bridgehead atoms. The summed E-state index contributed by atoms with van der Waals surface area (Å²) in [5, 5.41) is 4.65. The molecule has 1 aromatic heterocycles. The van der Waals surface area contributed by atoms with E-state index in [0.29, 0.717) is 6.54 Å². The smallest absolute Gasteiger partial charge is 0.251 e. The number of anilines is 1. The molecule has 112 valence electrons. The van der Waals surface area contributed by atoms with Gasteiger partial charge in [0.15, 0.2) is 9.84 Å². The Balaban J connectivity index is 2.20. The van der Waals surface area contributed by atoms with E-state index < -0.39 is 9.84 Å². The van der Waals surface area contributed by atoms with Crippen molar-refractivity contribution in [2.75, 3.05) is 12.0 Å². The molecule has 1 heterocycles. The van der Waals surface area contributed by atoms with Gasteiger partial charge in [-0.3, -0.25) is 4.79 Å². The first kappa shape index (κ1) is 16.0. The molecule has 0 saturated carbocycles. The molecule has 2 rings (SSSR count). The van der Waals surface area contributed by atoms with Gasteiger partial charge in [-0.25, -0.2) is 8.42 Å². The van der Waals surface area contributed by atoms with Crippen molar-refractivity contribution in [3.63, 3.8) is 0 Å². The van der Waals surface area contributed by atoms with Crippen molar-refractivity contribution in [2.24, 2.45) is 0 Å². The fraction of sp³-hybridized carbons (Fsp3) is 0.154. The largest absolute Gasteiger partial charge is 0.399 e. The van der Waals surface area contributed by atoms with Crippen molar-refractivity contribution >= 4 is 48.7 Å². The quantitative estimate of drug-likeness (QED) is 0.786. The fourth-order valence-electron chi connectivity index (χ4n) is 1.68. The molecule has 0 saturated heterocycles. The zero-order valence-corrected chi connectivity index (χ0v) is 14.3. The van der Waals surface area contributed by atoms with Gasteiger partial charge >= 0.3 is 0 Å². The van der Waals surface area contributed by atoms with Gasteiger partial charge in [0, 0.05) is 26.9 Å². The van der Waals surface area contributed by atoms with Crippen molar-refractivity contribution in [1.82, 2.24) is 5.32 Å². The van der Waals surface area contributed by atoms with Crippen LogP contribution >= 0.6 is 27.3 Å². The van der Waals surface area contributed by atoms with E-state index in [1.54, 1.807) is 0 Å². The Bertz CT molecular complexity index is 784. The summed E-state index contributed by atoms with van der Waals surface area (Å²) in [5.74, 6) is -0.368. The number of hydrogen-bond donors (Lipinski definition) is 2. The van der Waals surface area contributed by atoms with Crippen LogP contribution in [0, 0.1) is 0 Å². The van der Waals surface area contributed by atoms with Gasteiger partial charge in [-0.15, -0.1) is 11.3 Å². The lowest BCUT2D eigenvalue weighted by atomic mass is 10.2. The molecule has 1 amide bonds. The number of hydrogen-bond acceptors (Lipinski definition) is 5. The van der Waals surface area contributed by atoms with Gasteiger partial charge in [0.25, 0.3) is 5.91 Å². The van der Waals surface area contributed by atoms with Crippen LogP contribution in [0.1, 0.15) is 15.2 Å². The Kier molecular flexibility index (Phi) is 4.70. The third kappa shape index (κ3) is 4.05. The Morgan fingerprint density at radius 2 is 2.10 bits per heavy atom. The maximum Gasteiger partial charge on any atom is 0.251 e. The van der Waals surface area contributed by atoms with Crippen LogP contribution in [0.3, 0.4) is 0 Å². The predicted molar refractivity (Wildman–Crippen MR) is 87.2 cm³/mol. The normalized spacial score (nSPS) is 11.3. The van der Waals surface area contributed by atoms with E-state index in [1.165, 1.54) is 29.5 Å². The SMILES string of the molecule is CS(=O)(=O)c1cc(N)cc(C(=O)NCc2sccc2Br)c1. The molecule has 0 spiro atoms. The highest BCUT2D eigenvalue weighted by atomic mass is 79.9. The Hall–Kier alpha value is -1.38. The summed E-state index contributed by atoms with van der Waals surface area (Å²) >= 11 is 4.90. The molecule has 0 fully saturated rings. The molecule has 0 aliphatic heterocycles. The van der Waals surface area contributed by atoms with Crippen molar-refractivity contribution in [3.8, 4) is 0 Å². The van der Waals surface area contributed by atoms with E-state index in [9.17, 15) is 13.2 Å². The second-order valence-corrected chi connectivity index (χ2v) is 8.31. The number of nitrogens with two attached hydrogens (primary N) is 1. The van der Waals surface area contributed by atoms with Gasteiger partial charge in [-0.2, -0.15) is 0 Å². The van der Waals surface area contributed by atoms with Crippen LogP contribution < -0.4 is 11.1 Å². The molecule has 0 aliphatic carbocycles. The molecular weight excluding hydrogens is 376 g/mol. The summed E-state index contributed by atoms with van der Waals surface area (Å²) in [7, 11) is -3.41. The molecule has 5 nitrogen and oxygen atoms in total. The maximum atomic E-state index is 12.1. The zero-order valence-electron chi connectivity index (χ0n) is 11.1. The monoisotopic (exact) mass is 388 g/mol. The minimum atomic E-state index is -3.41. The minimum Gasteiger partial charge on any atom is -0.399 e. The van der Waals surface area contributed by atoms with Crippen molar-refractivity contribution in [1.29, 1.82) is 0 Å². The second-order valence-electron chi connectivity index (χ2n) is 4.44. The highest BCUT2D eigenvalue weighted by Gasteiger charge is 2.14. The fourth-order valence-corrected chi connectivity index (χ4v) is 3.80. The Morgan fingerprint density at radius 1 is 1.38 bits per heavy atom. The lowest BCUT2D eigenvalue weighted by molar-refractivity contribution is 0.0951. The van der Waals surface area contributed by atoms with Crippen molar-refractivity contribution in [2.45, 2.75) is 11.4 Å². The molecule has 1 aromatic carbocycles. The molecule has 0 unspecified atom stereocenters. The van der Waals surface area contributed by atoms with E-state index in [4.69, 9.17) is 5.73 Å². The van der Waals surface area contributed by atoms with E-state index in [1.807, 2.05) is 11.4 Å². The number of thiophene rings is 1. The molecule has 0 aliphatic rings.